The second-order valence-electron chi connectivity index (χ2n) is 4.67. The van der Waals surface area contributed by atoms with Gasteiger partial charge in [0, 0.05) is 13.1 Å². The SMILES string of the molecule is N#Cc1cccc(NCC(=O)N2CCCCC2)c1N. The first-order chi connectivity index (χ1) is 9.22. The molecule has 0 spiro atoms. The number of nitrogen functional groups attached to an aromatic ring is 1. The number of nitrogens with one attached hydrogen (secondary N) is 1. The molecule has 1 fully saturated rings. The second-order valence-corrected chi connectivity index (χ2v) is 4.67. The molecular formula is C14H18N4O. The minimum atomic E-state index is 0.0847. The first-order valence-electron chi connectivity index (χ1n) is 6.52. The topological polar surface area (TPSA) is 82.2 Å². The Labute approximate surface area is 113 Å². The van der Waals surface area contributed by atoms with Crippen LogP contribution in [0.25, 0.3) is 0 Å². The summed E-state index contributed by atoms with van der Waals surface area (Å²) in [4.78, 5) is 13.9. The van der Waals surface area contributed by atoms with Gasteiger partial charge in [-0.2, -0.15) is 5.26 Å². The average molecular weight is 258 g/mol. The van der Waals surface area contributed by atoms with Gasteiger partial charge in [-0.15, -0.1) is 0 Å². The van der Waals surface area contributed by atoms with Gasteiger partial charge < -0.3 is 16.0 Å². The summed E-state index contributed by atoms with van der Waals surface area (Å²) in [5, 5.41) is 11.9. The van der Waals surface area contributed by atoms with Crippen LogP contribution < -0.4 is 11.1 Å². The number of nitriles is 1. The van der Waals surface area contributed by atoms with Crippen molar-refractivity contribution in [3.8, 4) is 6.07 Å². The van der Waals surface area contributed by atoms with E-state index in [-0.39, 0.29) is 12.5 Å². The molecule has 5 heteroatoms. The molecule has 1 aliphatic heterocycles. The molecule has 100 valence electrons. The summed E-state index contributed by atoms with van der Waals surface area (Å²) in [6.07, 6.45) is 3.37. The van der Waals surface area contributed by atoms with Crippen LogP contribution >= 0.6 is 0 Å². The van der Waals surface area contributed by atoms with E-state index in [1.807, 2.05) is 11.0 Å². The monoisotopic (exact) mass is 258 g/mol. The standard InChI is InChI=1S/C14H18N4O/c15-9-11-5-4-6-12(14(11)16)17-10-13(19)18-7-2-1-3-8-18/h4-6,17H,1-3,7-8,10,16H2. The molecular weight excluding hydrogens is 240 g/mol. The number of para-hydroxylation sites is 1. The molecule has 2 rings (SSSR count). The van der Waals surface area contributed by atoms with Crippen molar-refractivity contribution >= 4 is 17.3 Å². The third-order valence-corrected chi connectivity index (χ3v) is 3.37. The van der Waals surface area contributed by atoms with Crippen molar-refractivity contribution in [2.45, 2.75) is 19.3 Å². The molecule has 3 N–H and O–H groups in total. The molecule has 1 saturated heterocycles. The van der Waals surface area contributed by atoms with E-state index in [0.717, 1.165) is 25.9 Å². The number of piperidine rings is 1. The number of carbonyl (C=O) groups is 1. The number of hydrogen-bond donors (Lipinski definition) is 2. The molecule has 0 bridgehead atoms. The number of likely N-dealkylation sites (tertiary alicyclic amines) is 1. The Morgan fingerprint density at radius 1 is 1.37 bits per heavy atom. The largest absolute Gasteiger partial charge is 0.396 e. The Morgan fingerprint density at radius 3 is 2.79 bits per heavy atom. The molecule has 0 unspecified atom stereocenters. The number of hydrogen-bond acceptors (Lipinski definition) is 4. The van der Waals surface area contributed by atoms with E-state index in [1.165, 1.54) is 6.42 Å². The molecule has 0 atom stereocenters. The first kappa shape index (κ1) is 13.2. The van der Waals surface area contributed by atoms with Crippen LogP contribution in [0.15, 0.2) is 18.2 Å². The van der Waals surface area contributed by atoms with E-state index in [9.17, 15) is 4.79 Å². The number of amides is 1. The lowest BCUT2D eigenvalue weighted by atomic mass is 10.1. The first-order valence-corrected chi connectivity index (χ1v) is 6.52. The number of benzene rings is 1. The molecule has 19 heavy (non-hydrogen) atoms. The number of nitrogens with zero attached hydrogens (tertiary/aromatic N) is 2. The molecule has 1 amide bonds. The van der Waals surface area contributed by atoms with E-state index in [0.29, 0.717) is 16.9 Å². The fraction of sp³-hybridized carbons (Fsp3) is 0.429. The molecule has 0 radical (unpaired) electrons. The van der Waals surface area contributed by atoms with E-state index in [4.69, 9.17) is 11.0 Å². The molecule has 1 heterocycles. The summed E-state index contributed by atoms with van der Waals surface area (Å²) in [7, 11) is 0. The van der Waals surface area contributed by atoms with Crippen LogP contribution in [-0.4, -0.2) is 30.4 Å². The predicted molar refractivity (Wildman–Crippen MR) is 74.5 cm³/mol. The van der Waals surface area contributed by atoms with Crippen molar-refractivity contribution in [2.24, 2.45) is 0 Å². The highest BCUT2D eigenvalue weighted by Crippen LogP contribution is 2.21. The minimum absolute atomic E-state index is 0.0847. The normalized spacial score (nSPS) is 14.8. The van der Waals surface area contributed by atoms with Gasteiger partial charge >= 0.3 is 0 Å². The summed E-state index contributed by atoms with van der Waals surface area (Å²) in [5.41, 5.74) is 7.32. The zero-order valence-electron chi connectivity index (χ0n) is 10.9. The Hall–Kier alpha value is -2.22. The lowest BCUT2D eigenvalue weighted by Gasteiger charge is -2.27. The number of anilines is 2. The van der Waals surface area contributed by atoms with Gasteiger partial charge in [0.25, 0.3) is 0 Å². The van der Waals surface area contributed by atoms with Crippen molar-refractivity contribution in [2.75, 3.05) is 30.7 Å². The fourth-order valence-corrected chi connectivity index (χ4v) is 2.24. The molecule has 1 aromatic rings. The van der Waals surface area contributed by atoms with Gasteiger partial charge in [0.05, 0.1) is 23.5 Å². The zero-order chi connectivity index (χ0) is 13.7. The van der Waals surface area contributed by atoms with Crippen LogP contribution in [0.5, 0.6) is 0 Å². The van der Waals surface area contributed by atoms with Gasteiger partial charge in [-0.25, -0.2) is 0 Å². The summed E-state index contributed by atoms with van der Waals surface area (Å²) >= 11 is 0. The summed E-state index contributed by atoms with van der Waals surface area (Å²) in [6.45, 7) is 1.90. The second kappa shape index (κ2) is 6.10. The van der Waals surface area contributed by atoms with Crippen LogP contribution in [-0.2, 0) is 4.79 Å². The van der Waals surface area contributed by atoms with Crippen LogP contribution in [0.4, 0.5) is 11.4 Å². The van der Waals surface area contributed by atoms with Crippen molar-refractivity contribution in [1.29, 1.82) is 5.26 Å². The summed E-state index contributed by atoms with van der Waals surface area (Å²) in [6, 6.07) is 7.22. The van der Waals surface area contributed by atoms with Gasteiger partial charge in [-0.05, 0) is 31.4 Å². The Balaban J connectivity index is 1.95. The maximum atomic E-state index is 12.0. The van der Waals surface area contributed by atoms with E-state index in [2.05, 4.69) is 5.32 Å². The zero-order valence-corrected chi connectivity index (χ0v) is 10.9. The van der Waals surface area contributed by atoms with E-state index < -0.39 is 0 Å². The third-order valence-electron chi connectivity index (χ3n) is 3.37. The van der Waals surface area contributed by atoms with Gasteiger partial charge in [-0.1, -0.05) is 6.07 Å². The van der Waals surface area contributed by atoms with Gasteiger partial charge in [0.15, 0.2) is 0 Å². The van der Waals surface area contributed by atoms with Gasteiger partial charge in [-0.3, -0.25) is 4.79 Å². The number of rotatable bonds is 3. The smallest absolute Gasteiger partial charge is 0.241 e. The van der Waals surface area contributed by atoms with Crippen molar-refractivity contribution in [3.63, 3.8) is 0 Å². The van der Waals surface area contributed by atoms with Crippen LogP contribution in [0.2, 0.25) is 0 Å². The summed E-state index contributed by atoms with van der Waals surface area (Å²) < 4.78 is 0. The molecule has 0 saturated carbocycles. The minimum Gasteiger partial charge on any atom is -0.396 e. The predicted octanol–water partition coefficient (Wildman–Crippen LogP) is 1.56. The summed E-state index contributed by atoms with van der Waals surface area (Å²) in [5.74, 6) is 0.0847. The lowest BCUT2D eigenvalue weighted by Crippen LogP contribution is -2.39. The van der Waals surface area contributed by atoms with Gasteiger partial charge in [0.1, 0.15) is 6.07 Å². The van der Waals surface area contributed by atoms with Crippen LogP contribution in [0.3, 0.4) is 0 Å². The Morgan fingerprint density at radius 2 is 2.11 bits per heavy atom. The third kappa shape index (κ3) is 3.16. The highest BCUT2D eigenvalue weighted by molar-refractivity contribution is 5.83. The van der Waals surface area contributed by atoms with Crippen molar-refractivity contribution < 1.29 is 4.79 Å². The van der Waals surface area contributed by atoms with Crippen LogP contribution in [0, 0.1) is 11.3 Å². The molecule has 0 aliphatic carbocycles. The number of carbonyl (C=O) groups excluding carboxylic acids is 1. The van der Waals surface area contributed by atoms with Crippen LogP contribution in [0.1, 0.15) is 24.8 Å². The maximum absolute atomic E-state index is 12.0. The molecule has 0 aromatic heterocycles. The highest BCUT2D eigenvalue weighted by atomic mass is 16.2. The van der Waals surface area contributed by atoms with E-state index >= 15 is 0 Å². The van der Waals surface area contributed by atoms with E-state index in [1.54, 1.807) is 18.2 Å². The molecule has 1 aromatic carbocycles. The lowest BCUT2D eigenvalue weighted by molar-refractivity contribution is -0.130. The fourth-order valence-electron chi connectivity index (χ4n) is 2.24. The maximum Gasteiger partial charge on any atom is 0.241 e. The average Bonchev–Trinajstić information content (AvgIpc) is 2.47. The Bertz CT molecular complexity index is 501. The quantitative estimate of drug-likeness (QED) is 0.806. The Kier molecular flexibility index (Phi) is 4.24. The van der Waals surface area contributed by atoms with Gasteiger partial charge in [0.2, 0.25) is 5.91 Å². The number of nitrogens with two attached hydrogens (primary N) is 1. The highest BCUT2D eigenvalue weighted by Gasteiger charge is 2.16. The molecule has 1 aliphatic rings. The van der Waals surface area contributed by atoms with Crippen molar-refractivity contribution in [1.82, 2.24) is 4.90 Å². The van der Waals surface area contributed by atoms with Crippen molar-refractivity contribution in [3.05, 3.63) is 23.8 Å². The molecule has 5 nitrogen and oxygen atoms in total.